The fourth-order valence-electron chi connectivity index (χ4n) is 13.9. The third kappa shape index (κ3) is 20.1. The Morgan fingerprint density at radius 3 is 1.37 bits per heavy atom. The second-order valence-corrected chi connectivity index (χ2v) is 26.3. The van der Waals surface area contributed by atoms with Crippen molar-refractivity contribution in [2.24, 2.45) is 5.11 Å². The van der Waals surface area contributed by atoms with Crippen LogP contribution in [0.5, 0.6) is 0 Å². The number of esters is 9. The van der Waals surface area contributed by atoms with E-state index in [2.05, 4.69) is 10.0 Å². The first-order valence-electron chi connectivity index (χ1n) is 35.0. The summed E-state index contributed by atoms with van der Waals surface area (Å²) in [5.41, 5.74) is 10.4. The highest BCUT2D eigenvalue weighted by molar-refractivity contribution is 6.21. The van der Waals surface area contributed by atoms with Gasteiger partial charge in [-0.05, 0) is 44.0 Å². The molecule has 0 aliphatic carbocycles. The van der Waals surface area contributed by atoms with Gasteiger partial charge in [0.25, 0.3) is 11.8 Å². The number of benzene rings is 3. The summed E-state index contributed by atoms with van der Waals surface area (Å²) in [5, 5.41) is 3.61. The summed E-state index contributed by atoms with van der Waals surface area (Å²) in [4.78, 5) is 153. The minimum absolute atomic E-state index is 0.00878. The third-order valence-corrected chi connectivity index (χ3v) is 18.1. The molecule has 14 unspecified atom stereocenters. The average molecular weight is 1540 g/mol. The van der Waals surface area contributed by atoms with Crippen LogP contribution < -0.4 is 0 Å². The standard InChI is InChI=1S/C72H86N4O33/c1-32-51(95-36(5)78)57(61(90-29-44-21-15-13-16-22-44)69(92-32)106-56-50(76-65(86)46-25-19-20-26-47(46)66(76)87)68(88-28-27-74-75-73)103-49-31-91-67(105-54(49)56)45-23-17-14-18-24-45)107-72-63(102-43(12)85)60(55(98-39(8)81)48(104-72)30-89-35(4)77)108-71-64(59(100-41(10)83)53(34(3)94-71)97-38(7)80)109-70-62(101-42(11)84)58(99-40(9)82)52(33(2)93-70)96-37(6)79/h13-26,32-34,48-64,67-72H,27-31H2,1-12H3/t32-,33?,34?,48?,49-,50?,51+,52-,53+,54+,55+,56+,57?,58?,59?,60?,61?,62?,63?,64?,67?,68?,69-,70-,71-,72+/m0/s1. The van der Waals surface area contributed by atoms with Crippen LogP contribution in [-0.2, 0) is 154 Å². The van der Waals surface area contributed by atoms with E-state index in [1.54, 1.807) is 72.8 Å². The van der Waals surface area contributed by atoms with E-state index in [4.69, 9.17) is 104 Å². The Labute approximate surface area is 623 Å². The van der Waals surface area contributed by atoms with Crippen LogP contribution in [0.3, 0.4) is 0 Å². The van der Waals surface area contributed by atoms with E-state index in [9.17, 15) is 48.7 Å². The van der Waals surface area contributed by atoms with E-state index < -0.39 is 232 Å². The number of rotatable bonds is 27. The predicted octanol–water partition coefficient (Wildman–Crippen LogP) is 3.92. The van der Waals surface area contributed by atoms with Crippen molar-refractivity contribution in [3.63, 3.8) is 0 Å². The highest BCUT2D eigenvalue weighted by Crippen LogP contribution is 2.45. The van der Waals surface area contributed by atoms with Crippen LogP contribution in [0.15, 0.2) is 90.0 Å². The van der Waals surface area contributed by atoms with E-state index in [-0.39, 0.29) is 37.5 Å². The number of imide groups is 1. The summed E-state index contributed by atoms with van der Waals surface area (Å²) >= 11 is 0. The summed E-state index contributed by atoms with van der Waals surface area (Å²) in [5.74, 6) is -10.4. The van der Waals surface area contributed by atoms with Gasteiger partial charge < -0.3 is 104 Å². The minimum atomic E-state index is -2.16. The van der Waals surface area contributed by atoms with Crippen molar-refractivity contribution in [3.8, 4) is 0 Å². The SMILES string of the molecule is CC(=O)OCC1O[C@H](OC2C(OCc3ccccc3)[C@H](O[C@@H]3C(N4C(=O)c5ccccc5C4=O)C(OCCN=[N+]=[N-])O[C@H]4COC(c5ccccc5)O[C@H]43)O[C@@H](C)[C@H]2OC(C)=O)C(OC(C)=O)C(O[C@@H]2OC(C)[C@@H](OC(C)=O)C(OC(C)=O)C2O[C@@H]2OC(C)[C@H](OC(C)=O)C(OC(C)=O)C2OC(C)=O)[C@@H]1OC(C)=O. The Bertz CT molecular complexity index is 3780. The molecule has 0 spiro atoms. The van der Waals surface area contributed by atoms with Crippen LogP contribution in [-0.4, -0.2) is 250 Å². The fourth-order valence-corrected chi connectivity index (χ4v) is 13.9. The molecular weight excluding hydrogens is 1450 g/mol. The first kappa shape index (κ1) is 82.3. The number of ether oxygens (including phenoxy) is 22. The number of carbonyl (C=O) groups is 11. The maximum absolute atomic E-state index is 15.0. The van der Waals surface area contributed by atoms with Gasteiger partial charge in [-0.25, -0.2) is 0 Å². The molecule has 0 aromatic heterocycles. The van der Waals surface area contributed by atoms with E-state index in [1.807, 2.05) is 0 Å². The van der Waals surface area contributed by atoms with E-state index >= 15 is 9.59 Å². The fraction of sp³-hybridized carbons (Fsp3) is 0.597. The second kappa shape index (κ2) is 37.0. The molecule has 7 aliphatic rings. The third-order valence-electron chi connectivity index (χ3n) is 18.1. The van der Waals surface area contributed by atoms with Gasteiger partial charge in [0.2, 0.25) is 0 Å². The number of fused-ring (bicyclic) bond motifs is 2. The first-order valence-corrected chi connectivity index (χ1v) is 35.0. The van der Waals surface area contributed by atoms with Gasteiger partial charge in [-0.1, -0.05) is 77.9 Å². The predicted molar refractivity (Wildman–Crippen MR) is 357 cm³/mol. The molecule has 0 radical (unpaired) electrons. The minimum Gasteiger partial charge on any atom is -0.463 e. The van der Waals surface area contributed by atoms with Crippen LogP contribution in [0.1, 0.15) is 121 Å². The average Bonchev–Trinajstić information content (AvgIpc) is 1.70. The van der Waals surface area contributed by atoms with Gasteiger partial charge in [-0.2, -0.15) is 0 Å². The van der Waals surface area contributed by atoms with Gasteiger partial charge in [0.15, 0.2) is 92.7 Å². The molecular formula is C72H86N4O33. The lowest BCUT2D eigenvalue weighted by molar-refractivity contribution is -0.402. The molecule has 3 aromatic rings. The zero-order valence-electron chi connectivity index (χ0n) is 61.4. The summed E-state index contributed by atoms with van der Waals surface area (Å²) in [7, 11) is 0. The molecule has 2 amide bonds. The highest BCUT2D eigenvalue weighted by Gasteiger charge is 2.63. The molecule has 3 aromatic carbocycles. The zero-order valence-corrected chi connectivity index (χ0v) is 61.4. The first-order chi connectivity index (χ1) is 52.0. The van der Waals surface area contributed by atoms with Gasteiger partial charge in [-0.15, -0.1) is 0 Å². The highest BCUT2D eigenvalue weighted by atomic mass is 16.8. The summed E-state index contributed by atoms with van der Waals surface area (Å²) in [6, 6.07) is 21.7. The number of carbonyl (C=O) groups excluding carboxylic acids is 11. The quantitative estimate of drug-likeness (QED) is 0.0198. The Hall–Kier alpha value is -9.18. The molecule has 37 heteroatoms. The molecule has 592 valence electrons. The van der Waals surface area contributed by atoms with E-state index in [0.29, 0.717) is 11.1 Å². The van der Waals surface area contributed by atoms with Gasteiger partial charge in [0.1, 0.15) is 55.4 Å². The summed E-state index contributed by atoms with van der Waals surface area (Å²) in [6.07, 6.45) is -42.7. The van der Waals surface area contributed by atoms with Crippen molar-refractivity contribution in [2.45, 2.75) is 249 Å². The van der Waals surface area contributed by atoms with Gasteiger partial charge in [0, 0.05) is 79.3 Å². The van der Waals surface area contributed by atoms with Gasteiger partial charge in [-0.3, -0.25) is 57.6 Å². The maximum Gasteiger partial charge on any atom is 0.303 e. The molecule has 7 heterocycles. The van der Waals surface area contributed by atoms with Crippen molar-refractivity contribution in [2.75, 3.05) is 26.4 Å². The van der Waals surface area contributed by atoms with E-state index in [0.717, 1.165) is 67.2 Å². The molecule has 0 N–H and O–H groups in total. The second-order valence-electron chi connectivity index (χ2n) is 26.3. The van der Waals surface area contributed by atoms with Crippen LogP contribution in [0.25, 0.3) is 10.4 Å². The molecule has 26 atom stereocenters. The van der Waals surface area contributed by atoms with Crippen LogP contribution in [0, 0.1) is 0 Å². The Balaban J connectivity index is 1.12. The van der Waals surface area contributed by atoms with Crippen LogP contribution >= 0.6 is 0 Å². The normalized spacial score (nSPS) is 34.1. The molecule has 6 fully saturated rings. The van der Waals surface area contributed by atoms with Crippen molar-refractivity contribution in [1.29, 1.82) is 0 Å². The number of hydrogen-bond acceptors (Lipinski definition) is 34. The van der Waals surface area contributed by atoms with Crippen molar-refractivity contribution < 1.29 is 157 Å². The largest absolute Gasteiger partial charge is 0.463 e. The number of azide groups is 1. The molecule has 0 bridgehead atoms. The van der Waals surface area contributed by atoms with Crippen LogP contribution in [0.2, 0.25) is 0 Å². The Morgan fingerprint density at radius 1 is 0.440 bits per heavy atom. The Morgan fingerprint density at radius 2 is 0.853 bits per heavy atom. The Kier molecular flexibility index (Phi) is 28.0. The number of amides is 2. The summed E-state index contributed by atoms with van der Waals surface area (Å²) < 4.78 is 140. The molecule has 109 heavy (non-hydrogen) atoms. The van der Waals surface area contributed by atoms with Crippen molar-refractivity contribution in [1.82, 2.24) is 4.90 Å². The molecule has 10 rings (SSSR count). The van der Waals surface area contributed by atoms with Gasteiger partial charge in [0.05, 0.1) is 49.3 Å². The monoisotopic (exact) mass is 1530 g/mol. The lowest BCUT2D eigenvalue weighted by Gasteiger charge is -2.53. The topological polar surface area (TPSA) is 443 Å². The number of nitrogens with zero attached hydrogens (tertiary/aromatic N) is 4. The lowest BCUT2D eigenvalue weighted by atomic mass is 9.93. The van der Waals surface area contributed by atoms with E-state index in [1.165, 1.54) is 32.9 Å². The lowest BCUT2D eigenvalue weighted by Crippen LogP contribution is -2.71. The van der Waals surface area contributed by atoms with Crippen molar-refractivity contribution >= 4 is 65.5 Å². The summed E-state index contributed by atoms with van der Waals surface area (Å²) in [6.45, 7) is 11.4. The number of hydrogen-bond donors (Lipinski definition) is 0. The van der Waals surface area contributed by atoms with Gasteiger partial charge >= 0.3 is 53.7 Å². The zero-order chi connectivity index (χ0) is 78.7. The van der Waals surface area contributed by atoms with Crippen LogP contribution in [0.4, 0.5) is 0 Å². The smallest absolute Gasteiger partial charge is 0.303 e. The maximum atomic E-state index is 15.0. The molecule has 6 saturated heterocycles. The molecule has 37 nitrogen and oxygen atoms in total. The van der Waals surface area contributed by atoms with Crippen molar-refractivity contribution in [3.05, 3.63) is 118 Å². The molecule has 0 saturated carbocycles. The molecule has 7 aliphatic heterocycles.